The Morgan fingerprint density at radius 2 is 1.52 bits per heavy atom. The van der Waals surface area contributed by atoms with Crippen LogP contribution in [0.3, 0.4) is 0 Å². The fraction of sp³-hybridized carbons (Fsp3) is 0.741. The molecule has 0 saturated heterocycles. The summed E-state index contributed by atoms with van der Waals surface area (Å²) >= 11 is 0. The SMILES string of the molecule is CCCCC/C=C1/OP(=O)(OC)C(/C=C/CCCCCC)=C1CCCCCCCC(=O)OC. The summed E-state index contributed by atoms with van der Waals surface area (Å²) in [6.45, 7) is 4.41. The molecule has 1 unspecified atom stereocenters. The van der Waals surface area contributed by atoms with Gasteiger partial charge >= 0.3 is 13.6 Å². The summed E-state index contributed by atoms with van der Waals surface area (Å²) in [5.74, 6) is 0.621. The molecule has 0 amide bonds. The van der Waals surface area contributed by atoms with E-state index in [2.05, 4.69) is 26.0 Å². The van der Waals surface area contributed by atoms with Gasteiger partial charge in [0, 0.05) is 19.1 Å². The number of rotatable bonds is 19. The predicted molar refractivity (Wildman–Crippen MR) is 137 cm³/mol. The Labute approximate surface area is 202 Å². The second kappa shape index (κ2) is 18.1. The molecule has 0 N–H and O–H groups in total. The van der Waals surface area contributed by atoms with Gasteiger partial charge in [0.15, 0.2) is 0 Å². The third-order valence-corrected chi connectivity index (χ3v) is 7.96. The van der Waals surface area contributed by atoms with E-state index in [9.17, 15) is 9.36 Å². The molecule has 1 aliphatic heterocycles. The third-order valence-electron chi connectivity index (χ3n) is 6.03. The Bertz CT molecular complexity index is 693. The van der Waals surface area contributed by atoms with E-state index in [1.54, 1.807) is 0 Å². The van der Waals surface area contributed by atoms with E-state index in [0.717, 1.165) is 80.9 Å². The standard InChI is InChI=1S/C27H47O5P/c1-5-7-9-11-14-18-22-26-24(20-16-13-12-15-19-23-27(28)30-3)25(21-17-10-8-6-2)32-33(26,29)31-4/h18,21-22H,5-17,19-20,23H2,1-4H3/b22-18+,25-21+. The fourth-order valence-electron chi connectivity index (χ4n) is 3.98. The molecule has 0 fully saturated rings. The van der Waals surface area contributed by atoms with Crippen molar-refractivity contribution >= 4 is 13.6 Å². The predicted octanol–water partition coefficient (Wildman–Crippen LogP) is 9.00. The summed E-state index contributed by atoms with van der Waals surface area (Å²) in [5.41, 5.74) is 1.05. The maximum atomic E-state index is 13.4. The molecule has 1 heterocycles. The molecule has 1 aliphatic rings. The van der Waals surface area contributed by atoms with Crippen molar-refractivity contribution in [1.82, 2.24) is 0 Å². The van der Waals surface area contributed by atoms with E-state index in [1.165, 1.54) is 46.3 Å². The molecule has 0 bridgehead atoms. The highest BCUT2D eigenvalue weighted by molar-refractivity contribution is 7.59. The van der Waals surface area contributed by atoms with Crippen LogP contribution in [0.2, 0.25) is 0 Å². The van der Waals surface area contributed by atoms with Gasteiger partial charge in [-0.25, -0.2) is 4.57 Å². The van der Waals surface area contributed by atoms with E-state index in [0.29, 0.717) is 6.42 Å². The van der Waals surface area contributed by atoms with Gasteiger partial charge in [-0.05, 0) is 57.1 Å². The smallest absolute Gasteiger partial charge is 0.410 e. The first-order chi connectivity index (χ1) is 16.0. The third kappa shape index (κ3) is 11.6. The van der Waals surface area contributed by atoms with Crippen LogP contribution in [-0.2, 0) is 23.1 Å². The molecule has 5 nitrogen and oxygen atoms in total. The molecule has 6 heteroatoms. The van der Waals surface area contributed by atoms with Crippen LogP contribution >= 0.6 is 7.60 Å². The highest BCUT2D eigenvalue weighted by Crippen LogP contribution is 2.65. The van der Waals surface area contributed by atoms with Gasteiger partial charge in [-0.1, -0.05) is 71.3 Å². The largest absolute Gasteiger partial charge is 0.469 e. The van der Waals surface area contributed by atoms with Gasteiger partial charge in [-0.2, -0.15) is 0 Å². The number of unbranched alkanes of at least 4 members (excludes halogenated alkanes) is 11. The van der Waals surface area contributed by atoms with Crippen molar-refractivity contribution < 1.29 is 23.1 Å². The van der Waals surface area contributed by atoms with Crippen LogP contribution in [0.25, 0.3) is 0 Å². The normalized spacial score (nSPS) is 19.6. The van der Waals surface area contributed by atoms with Crippen LogP contribution in [0, 0.1) is 0 Å². The van der Waals surface area contributed by atoms with Crippen molar-refractivity contribution in [3.05, 3.63) is 34.9 Å². The van der Waals surface area contributed by atoms with Gasteiger partial charge in [0.2, 0.25) is 0 Å². The number of methoxy groups -OCH3 is 1. The van der Waals surface area contributed by atoms with Crippen molar-refractivity contribution in [1.29, 1.82) is 0 Å². The second-order valence-electron chi connectivity index (χ2n) is 8.79. The Balaban J connectivity index is 2.81. The highest BCUT2D eigenvalue weighted by Gasteiger charge is 2.40. The van der Waals surface area contributed by atoms with Crippen LogP contribution in [0.15, 0.2) is 34.9 Å². The van der Waals surface area contributed by atoms with E-state index in [1.807, 2.05) is 6.08 Å². The molecule has 0 saturated carbocycles. The maximum absolute atomic E-state index is 13.4. The fourth-order valence-corrected chi connectivity index (χ4v) is 5.63. The molecule has 33 heavy (non-hydrogen) atoms. The molecule has 0 aromatic heterocycles. The first-order valence-electron chi connectivity index (χ1n) is 13.0. The molecule has 0 aromatic carbocycles. The minimum Gasteiger partial charge on any atom is -0.469 e. The Hall–Kier alpha value is -1.32. The van der Waals surface area contributed by atoms with Crippen molar-refractivity contribution in [2.75, 3.05) is 14.2 Å². The molecule has 1 rings (SSSR count). The molecular formula is C27H47O5P. The Morgan fingerprint density at radius 1 is 0.879 bits per heavy atom. The van der Waals surface area contributed by atoms with Crippen LogP contribution < -0.4 is 0 Å². The van der Waals surface area contributed by atoms with Gasteiger partial charge in [0.1, 0.15) is 5.76 Å². The summed E-state index contributed by atoms with van der Waals surface area (Å²) in [7, 11) is -0.383. The lowest BCUT2D eigenvalue weighted by atomic mass is 10.0. The number of hydrogen-bond acceptors (Lipinski definition) is 5. The Morgan fingerprint density at radius 3 is 2.21 bits per heavy atom. The van der Waals surface area contributed by atoms with E-state index >= 15 is 0 Å². The van der Waals surface area contributed by atoms with E-state index in [-0.39, 0.29) is 5.97 Å². The lowest BCUT2D eigenvalue weighted by molar-refractivity contribution is -0.140. The topological polar surface area (TPSA) is 61.8 Å². The van der Waals surface area contributed by atoms with Crippen LogP contribution in [-0.4, -0.2) is 20.2 Å². The van der Waals surface area contributed by atoms with Crippen molar-refractivity contribution in [3.63, 3.8) is 0 Å². The lowest BCUT2D eigenvalue weighted by Crippen LogP contribution is -1.99. The van der Waals surface area contributed by atoms with Crippen LogP contribution in [0.4, 0.5) is 0 Å². The molecule has 0 spiro atoms. The average molecular weight is 483 g/mol. The molecule has 0 aromatic rings. The second-order valence-corrected chi connectivity index (χ2v) is 10.8. The van der Waals surface area contributed by atoms with Gasteiger partial charge in [0.05, 0.1) is 12.4 Å². The number of carbonyl (C=O) groups excluding carboxylic acids is 1. The highest BCUT2D eigenvalue weighted by atomic mass is 31.2. The Kier molecular flexibility index (Phi) is 16.3. The van der Waals surface area contributed by atoms with Gasteiger partial charge in [-0.3, -0.25) is 9.32 Å². The zero-order valence-electron chi connectivity index (χ0n) is 21.5. The number of esters is 1. The summed E-state index contributed by atoms with van der Waals surface area (Å²) in [4.78, 5) is 11.2. The summed E-state index contributed by atoms with van der Waals surface area (Å²) in [6, 6.07) is 0. The molecule has 1 atom stereocenters. The van der Waals surface area contributed by atoms with Crippen molar-refractivity contribution in [3.8, 4) is 0 Å². The van der Waals surface area contributed by atoms with Crippen LogP contribution in [0.5, 0.6) is 0 Å². The van der Waals surface area contributed by atoms with Gasteiger partial charge in [0.25, 0.3) is 0 Å². The van der Waals surface area contributed by atoms with E-state index < -0.39 is 7.60 Å². The first kappa shape index (κ1) is 29.7. The van der Waals surface area contributed by atoms with Crippen LogP contribution in [0.1, 0.15) is 117 Å². The average Bonchev–Trinajstić information content (AvgIpc) is 3.09. The van der Waals surface area contributed by atoms with Gasteiger partial charge in [-0.15, -0.1) is 0 Å². The summed E-state index contributed by atoms with van der Waals surface area (Å²) < 4.78 is 29.5. The number of ether oxygens (including phenoxy) is 1. The molecular weight excluding hydrogens is 435 g/mol. The number of hydrogen-bond donors (Lipinski definition) is 0. The lowest BCUT2D eigenvalue weighted by Gasteiger charge is -2.11. The monoisotopic (exact) mass is 482 g/mol. The minimum atomic E-state index is -3.30. The summed E-state index contributed by atoms with van der Waals surface area (Å²) in [5, 5.41) is 0.743. The van der Waals surface area contributed by atoms with Crippen molar-refractivity contribution in [2.45, 2.75) is 117 Å². The first-order valence-corrected chi connectivity index (χ1v) is 14.6. The van der Waals surface area contributed by atoms with Crippen molar-refractivity contribution in [2.24, 2.45) is 0 Å². The number of allylic oxidation sites excluding steroid dienone is 5. The zero-order chi connectivity index (χ0) is 24.4. The molecule has 190 valence electrons. The summed E-state index contributed by atoms with van der Waals surface area (Å²) in [6.07, 6.45) is 22.8. The number of carbonyl (C=O) groups is 1. The minimum absolute atomic E-state index is 0.137. The molecule has 0 aliphatic carbocycles. The maximum Gasteiger partial charge on any atom is 0.410 e. The van der Waals surface area contributed by atoms with Gasteiger partial charge < -0.3 is 9.26 Å². The van der Waals surface area contributed by atoms with E-state index in [4.69, 9.17) is 13.8 Å². The zero-order valence-corrected chi connectivity index (χ0v) is 22.4. The quantitative estimate of drug-likeness (QED) is 0.104. The molecule has 0 radical (unpaired) electrons.